The van der Waals surface area contributed by atoms with Crippen molar-refractivity contribution >= 4 is 0 Å². The fraction of sp³-hybridized carbons (Fsp3) is 1.00. The van der Waals surface area contributed by atoms with Crippen molar-refractivity contribution < 1.29 is 5.11 Å². The minimum atomic E-state index is 0.0620. The van der Waals surface area contributed by atoms with Crippen LogP contribution in [0.1, 0.15) is 51.9 Å². The average molecular weight is 185 g/mol. The van der Waals surface area contributed by atoms with Crippen molar-refractivity contribution in [1.82, 2.24) is 5.32 Å². The van der Waals surface area contributed by atoms with Crippen molar-refractivity contribution in [3.05, 3.63) is 0 Å². The van der Waals surface area contributed by atoms with Crippen LogP contribution in [0.25, 0.3) is 0 Å². The van der Waals surface area contributed by atoms with Crippen molar-refractivity contribution in [2.24, 2.45) is 0 Å². The van der Waals surface area contributed by atoms with Crippen LogP contribution in [-0.2, 0) is 0 Å². The Hall–Kier alpha value is -0.0800. The highest BCUT2D eigenvalue weighted by Crippen LogP contribution is 2.26. The first kappa shape index (κ1) is 11.0. The van der Waals surface area contributed by atoms with Crippen LogP contribution >= 0.6 is 0 Å². The van der Waals surface area contributed by atoms with Gasteiger partial charge >= 0.3 is 0 Å². The second-order valence-corrected chi connectivity index (χ2v) is 4.28. The predicted molar refractivity (Wildman–Crippen MR) is 55.8 cm³/mol. The van der Waals surface area contributed by atoms with Crippen LogP contribution in [0, 0.1) is 0 Å². The molecule has 0 aliphatic heterocycles. The molecule has 2 nitrogen and oxygen atoms in total. The molecule has 1 fully saturated rings. The minimum absolute atomic E-state index is 0.0620. The molecule has 1 aliphatic carbocycles. The van der Waals surface area contributed by atoms with Gasteiger partial charge in [0.1, 0.15) is 0 Å². The largest absolute Gasteiger partial charge is 0.394 e. The molecule has 0 bridgehead atoms. The lowest BCUT2D eigenvalue weighted by Gasteiger charge is -2.32. The molecule has 0 aromatic rings. The first-order valence-electron chi connectivity index (χ1n) is 5.69. The second-order valence-electron chi connectivity index (χ2n) is 4.28. The number of rotatable bonds is 4. The van der Waals surface area contributed by atoms with Crippen LogP contribution in [0.4, 0.5) is 0 Å². The Balaban J connectivity index is 2.43. The predicted octanol–water partition coefficient (Wildman–Crippen LogP) is 2.07. The molecule has 1 rings (SSSR count). The Kier molecular flexibility index (Phi) is 4.74. The SMILES string of the molecule is CCCNC1(CO)CCCCCC1. The molecular weight excluding hydrogens is 162 g/mol. The molecule has 0 aromatic carbocycles. The molecule has 0 radical (unpaired) electrons. The molecule has 0 atom stereocenters. The summed E-state index contributed by atoms with van der Waals surface area (Å²) in [6.07, 6.45) is 8.70. The van der Waals surface area contributed by atoms with E-state index in [0.29, 0.717) is 6.61 Å². The summed E-state index contributed by atoms with van der Waals surface area (Å²) in [6, 6.07) is 0. The highest BCUT2D eigenvalue weighted by molar-refractivity contribution is 4.88. The van der Waals surface area contributed by atoms with Gasteiger partial charge in [0, 0.05) is 5.54 Å². The van der Waals surface area contributed by atoms with E-state index in [4.69, 9.17) is 0 Å². The number of hydrogen-bond donors (Lipinski definition) is 2. The van der Waals surface area contributed by atoms with Crippen LogP contribution in [0.3, 0.4) is 0 Å². The first-order valence-corrected chi connectivity index (χ1v) is 5.69. The minimum Gasteiger partial charge on any atom is -0.394 e. The maximum absolute atomic E-state index is 9.43. The lowest BCUT2D eigenvalue weighted by atomic mass is 9.91. The number of nitrogens with one attached hydrogen (secondary N) is 1. The van der Waals surface area contributed by atoms with Crippen molar-refractivity contribution in [1.29, 1.82) is 0 Å². The molecule has 13 heavy (non-hydrogen) atoms. The van der Waals surface area contributed by atoms with Crippen molar-refractivity contribution in [3.63, 3.8) is 0 Å². The lowest BCUT2D eigenvalue weighted by molar-refractivity contribution is 0.144. The van der Waals surface area contributed by atoms with E-state index < -0.39 is 0 Å². The molecule has 2 heteroatoms. The Morgan fingerprint density at radius 1 is 1.15 bits per heavy atom. The smallest absolute Gasteiger partial charge is 0.0613 e. The molecule has 1 saturated carbocycles. The van der Waals surface area contributed by atoms with Gasteiger partial charge < -0.3 is 10.4 Å². The molecule has 0 heterocycles. The topological polar surface area (TPSA) is 32.3 Å². The molecule has 2 N–H and O–H groups in total. The fourth-order valence-electron chi connectivity index (χ4n) is 2.19. The summed E-state index contributed by atoms with van der Waals surface area (Å²) in [5, 5.41) is 13.0. The maximum Gasteiger partial charge on any atom is 0.0613 e. The number of hydrogen-bond acceptors (Lipinski definition) is 2. The monoisotopic (exact) mass is 185 g/mol. The van der Waals surface area contributed by atoms with Gasteiger partial charge in [-0.2, -0.15) is 0 Å². The molecule has 0 saturated heterocycles. The Morgan fingerprint density at radius 3 is 2.23 bits per heavy atom. The Labute approximate surface area is 81.7 Å². The second kappa shape index (κ2) is 5.61. The summed E-state index contributed by atoms with van der Waals surface area (Å²) in [6.45, 7) is 3.53. The normalized spacial score (nSPS) is 22.6. The number of aliphatic hydroxyl groups is 1. The third kappa shape index (κ3) is 3.28. The highest BCUT2D eigenvalue weighted by atomic mass is 16.3. The first-order chi connectivity index (χ1) is 6.33. The quantitative estimate of drug-likeness (QED) is 0.657. The molecule has 0 amide bonds. The van der Waals surface area contributed by atoms with Gasteiger partial charge in [0.2, 0.25) is 0 Å². The van der Waals surface area contributed by atoms with Crippen molar-refractivity contribution in [2.45, 2.75) is 57.4 Å². The molecule has 78 valence electrons. The van der Waals surface area contributed by atoms with Crippen molar-refractivity contribution in [2.75, 3.05) is 13.2 Å². The zero-order valence-corrected chi connectivity index (χ0v) is 8.81. The van der Waals surface area contributed by atoms with Crippen LogP contribution in [0.5, 0.6) is 0 Å². The Morgan fingerprint density at radius 2 is 1.77 bits per heavy atom. The zero-order valence-electron chi connectivity index (χ0n) is 8.81. The van der Waals surface area contributed by atoms with E-state index in [1.54, 1.807) is 0 Å². The molecule has 1 aliphatic rings. The van der Waals surface area contributed by atoms with E-state index in [1.807, 2.05) is 0 Å². The fourth-order valence-corrected chi connectivity index (χ4v) is 2.19. The van der Waals surface area contributed by atoms with Crippen molar-refractivity contribution in [3.8, 4) is 0 Å². The van der Waals surface area contributed by atoms with E-state index in [-0.39, 0.29) is 5.54 Å². The highest BCUT2D eigenvalue weighted by Gasteiger charge is 2.28. The summed E-state index contributed by atoms with van der Waals surface area (Å²) in [5.41, 5.74) is 0.0620. The van der Waals surface area contributed by atoms with Gasteiger partial charge in [-0.3, -0.25) is 0 Å². The maximum atomic E-state index is 9.43. The molecule has 0 unspecified atom stereocenters. The third-order valence-corrected chi connectivity index (χ3v) is 3.11. The molecule has 0 aromatic heterocycles. The third-order valence-electron chi connectivity index (χ3n) is 3.11. The zero-order chi connectivity index (χ0) is 9.57. The van der Waals surface area contributed by atoms with Gasteiger partial charge in [-0.25, -0.2) is 0 Å². The number of aliphatic hydroxyl groups excluding tert-OH is 1. The van der Waals surface area contributed by atoms with E-state index in [1.165, 1.54) is 25.7 Å². The summed E-state index contributed by atoms with van der Waals surface area (Å²) < 4.78 is 0. The standard InChI is InChI=1S/C11H23NO/c1-2-9-12-11(10-13)7-5-3-4-6-8-11/h12-13H,2-10H2,1H3. The average Bonchev–Trinajstić information content (AvgIpc) is 2.41. The van der Waals surface area contributed by atoms with Gasteiger partial charge in [-0.1, -0.05) is 32.6 Å². The summed E-state index contributed by atoms with van der Waals surface area (Å²) in [5.74, 6) is 0. The van der Waals surface area contributed by atoms with Crippen LogP contribution in [0.2, 0.25) is 0 Å². The lowest BCUT2D eigenvalue weighted by Crippen LogP contribution is -2.48. The van der Waals surface area contributed by atoms with Crippen LogP contribution in [-0.4, -0.2) is 23.8 Å². The van der Waals surface area contributed by atoms with Gasteiger partial charge in [-0.05, 0) is 25.8 Å². The molecular formula is C11H23NO. The summed E-state index contributed by atoms with van der Waals surface area (Å²) in [7, 11) is 0. The van der Waals surface area contributed by atoms with Crippen LogP contribution < -0.4 is 5.32 Å². The van der Waals surface area contributed by atoms with E-state index >= 15 is 0 Å². The van der Waals surface area contributed by atoms with Gasteiger partial charge in [0.05, 0.1) is 6.61 Å². The Bertz CT molecular complexity index is 128. The van der Waals surface area contributed by atoms with Gasteiger partial charge in [0.15, 0.2) is 0 Å². The van der Waals surface area contributed by atoms with Crippen LogP contribution in [0.15, 0.2) is 0 Å². The van der Waals surface area contributed by atoms with Gasteiger partial charge in [0.25, 0.3) is 0 Å². The van der Waals surface area contributed by atoms with E-state index in [9.17, 15) is 5.11 Å². The summed E-state index contributed by atoms with van der Waals surface area (Å²) in [4.78, 5) is 0. The van der Waals surface area contributed by atoms with E-state index in [2.05, 4.69) is 12.2 Å². The van der Waals surface area contributed by atoms with E-state index in [0.717, 1.165) is 25.8 Å². The van der Waals surface area contributed by atoms with Gasteiger partial charge in [-0.15, -0.1) is 0 Å². The summed E-state index contributed by atoms with van der Waals surface area (Å²) >= 11 is 0. The molecule has 0 spiro atoms.